The zero-order valence-electron chi connectivity index (χ0n) is 14.6. The molecule has 0 saturated heterocycles. The molecular formula is C18H22N2O4. The van der Waals surface area contributed by atoms with E-state index in [9.17, 15) is 9.90 Å². The van der Waals surface area contributed by atoms with Crippen LogP contribution in [0.15, 0.2) is 18.2 Å². The maximum Gasteiger partial charge on any atom is 0.200 e. The van der Waals surface area contributed by atoms with Crippen LogP contribution >= 0.6 is 0 Å². The Balaban J connectivity index is 2.34. The zero-order chi connectivity index (χ0) is 17.9. The highest BCUT2D eigenvalue weighted by molar-refractivity contribution is 6.08. The minimum Gasteiger partial charge on any atom is -0.502 e. The Hall–Kier alpha value is -2.76. The number of methoxy groups -OCH3 is 2. The van der Waals surface area contributed by atoms with E-state index < -0.39 is 0 Å². The summed E-state index contributed by atoms with van der Waals surface area (Å²) in [6.45, 7) is 6.42. The van der Waals surface area contributed by atoms with Gasteiger partial charge in [0.2, 0.25) is 5.75 Å². The van der Waals surface area contributed by atoms with Gasteiger partial charge < -0.3 is 14.6 Å². The highest BCUT2D eigenvalue weighted by Gasteiger charge is 2.16. The number of carbonyl (C=O) groups is 1. The van der Waals surface area contributed by atoms with Crippen LogP contribution in [0.5, 0.6) is 17.2 Å². The first kappa shape index (κ1) is 17.6. The number of ketones is 1. The van der Waals surface area contributed by atoms with E-state index in [0.29, 0.717) is 16.8 Å². The van der Waals surface area contributed by atoms with Crippen LogP contribution in [0.2, 0.25) is 0 Å². The number of phenolic OH excluding ortho intramolecular Hbond substituents is 1. The lowest BCUT2D eigenvalue weighted by atomic mass is 10.1. The summed E-state index contributed by atoms with van der Waals surface area (Å²) in [5.74, 6) is 0.385. The molecule has 6 nitrogen and oxygen atoms in total. The summed E-state index contributed by atoms with van der Waals surface area (Å²) in [5, 5.41) is 14.3. The molecule has 6 heteroatoms. The van der Waals surface area contributed by atoms with Crippen molar-refractivity contribution < 1.29 is 19.4 Å². The van der Waals surface area contributed by atoms with Gasteiger partial charge in [-0.1, -0.05) is 6.08 Å². The van der Waals surface area contributed by atoms with Crippen LogP contribution in [0.3, 0.4) is 0 Å². The van der Waals surface area contributed by atoms with Crippen LogP contribution in [-0.2, 0) is 6.54 Å². The van der Waals surface area contributed by atoms with E-state index in [1.165, 1.54) is 20.3 Å². The van der Waals surface area contributed by atoms with Crippen molar-refractivity contribution >= 4 is 11.9 Å². The first-order valence-corrected chi connectivity index (χ1v) is 7.64. The van der Waals surface area contributed by atoms with E-state index in [1.807, 2.05) is 25.5 Å². The predicted octanol–water partition coefficient (Wildman–Crippen LogP) is 3.14. The molecule has 2 aromatic rings. The second kappa shape index (κ2) is 7.21. The van der Waals surface area contributed by atoms with Gasteiger partial charge >= 0.3 is 0 Å². The van der Waals surface area contributed by atoms with Gasteiger partial charge in [0.25, 0.3) is 0 Å². The molecule has 0 saturated carbocycles. The molecule has 1 N–H and O–H groups in total. The van der Waals surface area contributed by atoms with E-state index in [4.69, 9.17) is 9.47 Å². The molecule has 24 heavy (non-hydrogen) atoms. The van der Waals surface area contributed by atoms with E-state index in [2.05, 4.69) is 5.10 Å². The van der Waals surface area contributed by atoms with Crippen molar-refractivity contribution in [3.05, 3.63) is 40.7 Å². The quantitative estimate of drug-likeness (QED) is 0.650. The fourth-order valence-electron chi connectivity index (χ4n) is 2.63. The largest absolute Gasteiger partial charge is 0.502 e. The molecular weight excluding hydrogens is 308 g/mol. The van der Waals surface area contributed by atoms with Gasteiger partial charge in [-0.2, -0.15) is 5.10 Å². The third-order valence-electron chi connectivity index (χ3n) is 3.86. The van der Waals surface area contributed by atoms with Crippen LogP contribution in [0, 0.1) is 13.8 Å². The monoisotopic (exact) mass is 330 g/mol. The number of hydrogen-bond donors (Lipinski definition) is 1. The minimum absolute atomic E-state index is 0.0700. The van der Waals surface area contributed by atoms with Crippen molar-refractivity contribution in [1.29, 1.82) is 0 Å². The Morgan fingerprint density at radius 1 is 1.25 bits per heavy atom. The number of carbonyl (C=O) groups excluding carboxylic acids is 1. The molecule has 0 aliphatic heterocycles. The van der Waals surface area contributed by atoms with E-state index in [0.717, 1.165) is 12.2 Å². The number of rotatable bonds is 6. The highest BCUT2D eigenvalue weighted by Crippen LogP contribution is 2.37. The van der Waals surface area contributed by atoms with Gasteiger partial charge in [-0.15, -0.1) is 0 Å². The molecule has 0 radical (unpaired) electrons. The van der Waals surface area contributed by atoms with Crippen molar-refractivity contribution in [2.75, 3.05) is 14.2 Å². The number of ether oxygens (including phenoxy) is 2. The first-order valence-electron chi connectivity index (χ1n) is 7.64. The summed E-state index contributed by atoms with van der Waals surface area (Å²) < 4.78 is 12.0. The molecule has 0 aliphatic rings. The van der Waals surface area contributed by atoms with E-state index in [1.54, 1.807) is 18.2 Å². The fraction of sp³-hybridized carbons (Fsp3) is 0.333. The van der Waals surface area contributed by atoms with Crippen molar-refractivity contribution in [3.8, 4) is 17.2 Å². The van der Waals surface area contributed by atoms with Crippen LogP contribution in [0.1, 0.15) is 34.2 Å². The second-order valence-electron chi connectivity index (χ2n) is 5.33. The topological polar surface area (TPSA) is 73.6 Å². The van der Waals surface area contributed by atoms with Crippen LogP contribution < -0.4 is 9.47 Å². The normalized spacial score (nSPS) is 11.0. The average molecular weight is 330 g/mol. The standard InChI is InChI=1S/C18H22N2O4/c1-6-20-12(3)17(11(2)19-20)14(21)8-7-13-9-15(23-4)18(22)16(10-13)24-5/h7-10,22H,6H2,1-5H3/b8-7-. The average Bonchev–Trinajstić information content (AvgIpc) is 2.87. The van der Waals surface area contributed by atoms with E-state index in [-0.39, 0.29) is 23.0 Å². The molecule has 0 spiro atoms. The van der Waals surface area contributed by atoms with Gasteiger partial charge in [0, 0.05) is 12.2 Å². The minimum atomic E-state index is -0.115. The van der Waals surface area contributed by atoms with Crippen molar-refractivity contribution in [1.82, 2.24) is 9.78 Å². The zero-order valence-corrected chi connectivity index (χ0v) is 14.6. The second-order valence-corrected chi connectivity index (χ2v) is 5.33. The lowest BCUT2D eigenvalue weighted by Gasteiger charge is -2.09. The van der Waals surface area contributed by atoms with Gasteiger partial charge in [-0.25, -0.2) is 0 Å². The van der Waals surface area contributed by atoms with Crippen LogP contribution in [0.25, 0.3) is 6.08 Å². The number of benzene rings is 1. The maximum atomic E-state index is 12.5. The van der Waals surface area contributed by atoms with Gasteiger partial charge in [0.1, 0.15) is 0 Å². The molecule has 0 unspecified atom stereocenters. The molecule has 0 aliphatic carbocycles. The Kier molecular flexibility index (Phi) is 5.28. The van der Waals surface area contributed by atoms with E-state index >= 15 is 0 Å². The first-order chi connectivity index (χ1) is 11.4. The maximum absolute atomic E-state index is 12.5. The third kappa shape index (κ3) is 3.27. The number of nitrogens with zero attached hydrogens (tertiary/aromatic N) is 2. The van der Waals surface area contributed by atoms with Gasteiger partial charge in [-0.3, -0.25) is 9.48 Å². The molecule has 1 heterocycles. The number of allylic oxidation sites excluding steroid dienone is 1. The summed E-state index contributed by atoms with van der Waals surface area (Å²) in [6, 6.07) is 3.27. The Morgan fingerprint density at radius 3 is 2.29 bits per heavy atom. The summed E-state index contributed by atoms with van der Waals surface area (Å²) in [6.07, 6.45) is 3.15. The molecule has 1 aromatic carbocycles. The third-order valence-corrected chi connectivity index (χ3v) is 3.86. The smallest absolute Gasteiger partial charge is 0.200 e. The van der Waals surface area contributed by atoms with Crippen molar-refractivity contribution in [2.45, 2.75) is 27.3 Å². The van der Waals surface area contributed by atoms with Gasteiger partial charge in [0.05, 0.1) is 25.5 Å². The molecule has 0 atom stereocenters. The molecule has 128 valence electrons. The summed E-state index contributed by atoms with van der Waals surface area (Å²) >= 11 is 0. The Morgan fingerprint density at radius 2 is 1.83 bits per heavy atom. The molecule has 1 aromatic heterocycles. The summed E-state index contributed by atoms with van der Waals surface area (Å²) in [4.78, 5) is 12.5. The van der Waals surface area contributed by atoms with Crippen molar-refractivity contribution in [3.63, 3.8) is 0 Å². The lowest BCUT2D eigenvalue weighted by Crippen LogP contribution is -2.02. The number of aryl methyl sites for hydroxylation is 2. The number of aromatic hydroxyl groups is 1. The molecule has 0 fully saturated rings. The predicted molar refractivity (Wildman–Crippen MR) is 92.0 cm³/mol. The Labute approximate surface area is 141 Å². The van der Waals surface area contributed by atoms with Gasteiger partial charge in [0.15, 0.2) is 17.3 Å². The molecule has 0 amide bonds. The SMILES string of the molecule is CCn1nc(C)c(C(=O)/C=C\c2cc(OC)c(O)c(OC)c2)c1C. The van der Waals surface area contributed by atoms with Gasteiger partial charge in [-0.05, 0) is 44.5 Å². The number of aromatic nitrogens is 2. The number of hydrogen-bond acceptors (Lipinski definition) is 5. The lowest BCUT2D eigenvalue weighted by molar-refractivity contribution is 0.104. The van der Waals surface area contributed by atoms with Crippen LogP contribution in [0.4, 0.5) is 0 Å². The molecule has 0 bridgehead atoms. The van der Waals surface area contributed by atoms with Crippen molar-refractivity contribution in [2.24, 2.45) is 0 Å². The Bertz CT molecular complexity index is 766. The highest BCUT2D eigenvalue weighted by atomic mass is 16.5. The summed E-state index contributed by atoms with van der Waals surface area (Å²) in [5.41, 5.74) is 2.87. The van der Waals surface area contributed by atoms with Crippen LogP contribution in [-0.4, -0.2) is 34.9 Å². The molecule has 2 rings (SSSR count). The number of phenols is 1. The fourth-order valence-corrected chi connectivity index (χ4v) is 2.63. The summed E-state index contributed by atoms with van der Waals surface area (Å²) in [7, 11) is 2.91.